The number of benzene rings is 2. The van der Waals surface area contributed by atoms with Crippen molar-refractivity contribution in [3.63, 3.8) is 0 Å². The van der Waals surface area contributed by atoms with Crippen LogP contribution >= 0.6 is 23.2 Å². The Balaban J connectivity index is 2.36. The number of aromatic carboxylic acids is 1. The van der Waals surface area contributed by atoms with E-state index in [1.165, 1.54) is 24.3 Å². The molecule has 0 aliphatic heterocycles. The number of hydrogen-bond donors (Lipinski definition) is 2. The van der Waals surface area contributed by atoms with Crippen molar-refractivity contribution in [1.29, 1.82) is 0 Å². The second-order valence-electron chi connectivity index (χ2n) is 4.43. The van der Waals surface area contributed by atoms with E-state index in [1.54, 1.807) is 19.1 Å². The van der Waals surface area contributed by atoms with Gasteiger partial charge in [-0.05, 0) is 37.3 Å². The summed E-state index contributed by atoms with van der Waals surface area (Å²) >= 11 is 11.8. The van der Waals surface area contributed by atoms with E-state index >= 15 is 0 Å². The molecule has 6 heteroatoms. The maximum Gasteiger partial charge on any atom is 0.337 e. The van der Waals surface area contributed by atoms with Gasteiger partial charge in [0.05, 0.1) is 21.8 Å². The van der Waals surface area contributed by atoms with Crippen LogP contribution in [0, 0.1) is 6.92 Å². The third-order valence-corrected chi connectivity index (χ3v) is 3.39. The molecule has 0 aliphatic carbocycles. The number of carboxylic acid groups (broad SMARTS) is 1. The van der Waals surface area contributed by atoms with E-state index in [0.717, 1.165) is 5.56 Å². The first-order valence-electron chi connectivity index (χ1n) is 5.99. The molecule has 2 aromatic rings. The van der Waals surface area contributed by atoms with E-state index in [-0.39, 0.29) is 21.8 Å². The molecule has 0 bridgehead atoms. The first-order valence-corrected chi connectivity index (χ1v) is 6.74. The number of amides is 1. The highest BCUT2D eigenvalue weighted by Gasteiger charge is 2.16. The van der Waals surface area contributed by atoms with Crippen LogP contribution in [0.4, 0.5) is 5.69 Å². The van der Waals surface area contributed by atoms with E-state index in [4.69, 9.17) is 23.2 Å². The molecule has 0 aromatic heterocycles. The van der Waals surface area contributed by atoms with E-state index in [9.17, 15) is 14.7 Å². The molecule has 21 heavy (non-hydrogen) atoms. The lowest BCUT2D eigenvalue weighted by atomic mass is 10.1. The molecule has 0 saturated heterocycles. The van der Waals surface area contributed by atoms with Gasteiger partial charge in [0.1, 0.15) is 0 Å². The number of halogens is 2. The van der Waals surface area contributed by atoms with Crippen LogP contribution in [-0.2, 0) is 0 Å². The normalized spacial score (nSPS) is 10.2. The van der Waals surface area contributed by atoms with Crippen molar-refractivity contribution in [3.8, 4) is 0 Å². The van der Waals surface area contributed by atoms with Crippen LogP contribution in [0.15, 0.2) is 36.4 Å². The average Bonchev–Trinajstić information content (AvgIpc) is 2.43. The van der Waals surface area contributed by atoms with Crippen LogP contribution in [0.1, 0.15) is 26.3 Å². The van der Waals surface area contributed by atoms with Crippen molar-refractivity contribution >= 4 is 40.8 Å². The standard InChI is InChI=1S/C15H11Cl2NO3/c1-8-2-5-13(11(6-8)15(20)21)18-14(19)10-7-9(16)3-4-12(10)17/h2-7H,1H3,(H,18,19)(H,20,21). The Morgan fingerprint density at radius 3 is 2.43 bits per heavy atom. The number of anilines is 1. The molecule has 2 N–H and O–H groups in total. The maximum atomic E-state index is 12.2. The predicted octanol–water partition coefficient (Wildman–Crippen LogP) is 4.25. The summed E-state index contributed by atoms with van der Waals surface area (Å²) in [7, 11) is 0. The number of nitrogens with one attached hydrogen (secondary N) is 1. The summed E-state index contributed by atoms with van der Waals surface area (Å²) in [6.07, 6.45) is 0. The predicted molar refractivity (Wildman–Crippen MR) is 82.6 cm³/mol. The smallest absolute Gasteiger partial charge is 0.337 e. The third-order valence-electron chi connectivity index (χ3n) is 2.83. The van der Waals surface area contributed by atoms with Gasteiger partial charge in [-0.1, -0.05) is 34.8 Å². The number of hydrogen-bond acceptors (Lipinski definition) is 2. The van der Waals surface area contributed by atoms with Crippen LogP contribution in [0.3, 0.4) is 0 Å². The van der Waals surface area contributed by atoms with E-state index in [2.05, 4.69) is 5.32 Å². The van der Waals surface area contributed by atoms with Crippen molar-refractivity contribution in [2.75, 3.05) is 5.32 Å². The van der Waals surface area contributed by atoms with Crippen molar-refractivity contribution in [3.05, 3.63) is 63.1 Å². The topological polar surface area (TPSA) is 66.4 Å². The molecule has 0 atom stereocenters. The minimum Gasteiger partial charge on any atom is -0.478 e. The molecule has 4 nitrogen and oxygen atoms in total. The fourth-order valence-electron chi connectivity index (χ4n) is 1.81. The average molecular weight is 324 g/mol. The fourth-order valence-corrected chi connectivity index (χ4v) is 2.18. The lowest BCUT2D eigenvalue weighted by Crippen LogP contribution is -2.15. The number of rotatable bonds is 3. The summed E-state index contributed by atoms with van der Waals surface area (Å²) in [6, 6.07) is 9.23. The number of carbonyl (C=O) groups is 2. The molecule has 0 aliphatic rings. The molecule has 0 unspecified atom stereocenters. The first-order chi connectivity index (χ1) is 9.88. The molecule has 0 radical (unpaired) electrons. The fraction of sp³-hybridized carbons (Fsp3) is 0.0667. The highest BCUT2D eigenvalue weighted by molar-refractivity contribution is 6.36. The Morgan fingerprint density at radius 1 is 1.05 bits per heavy atom. The van der Waals surface area contributed by atoms with Crippen LogP contribution in [0.25, 0.3) is 0 Å². The van der Waals surface area contributed by atoms with Gasteiger partial charge in [0.15, 0.2) is 0 Å². The second-order valence-corrected chi connectivity index (χ2v) is 5.28. The zero-order chi connectivity index (χ0) is 15.6. The minimum absolute atomic E-state index is 0.0153. The number of carboxylic acids is 1. The molecular formula is C15H11Cl2NO3. The van der Waals surface area contributed by atoms with Gasteiger partial charge in [-0.3, -0.25) is 4.79 Å². The summed E-state index contributed by atoms with van der Waals surface area (Å²) in [5.74, 6) is -1.64. The molecule has 0 heterocycles. The number of carbonyl (C=O) groups excluding carboxylic acids is 1. The van der Waals surface area contributed by atoms with Gasteiger partial charge in [0, 0.05) is 5.02 Å². The van der Waals surface area contributed by atoms with Gasteiger partial charge in [-0.2, -0.15) is 0 Å². The largest absolute Gasteiger partial charge is 0.478 e. The van der Waals surface area contributed by atoms with Gasteiger partial charge in [0.2, 0.25) is 0 Å². The summed E-state index contributed by atoms with van der Waals surface area (Å²) < 4.78 is 0. The Morgan fingerprint density at radius 2 is 1.76 bits per heavy atom. The highest BCUT2D eigenvalue weighted by Crippen LogP contribution is 2.23. The van der Waals surface area contributed by atoms with Crippen molar-refractivity contribution < 1.29 is 14.7 Å². The first kappa shape index (κ1) is 15.4. The van der Waals surface area contributed by atoms with Crippen molar-refractivity contribution in [2.45, 2.75) is 6.92 Å². The zero-order valence-corrected chi connectivity index (χ0v) is 12.5. The lowest BCUT2D eigenvalue weighted by molar-refractivity contribution is 0.0698. The van der Waals surface area contributed by atoms with Crippen LogP contribution in [-0.4, -0.2) is 17.0 Å². The van der Waals surface area contributed by atoms with E-state index in [1.807, 2.05) is 0 Å². The minimum atomic E-state index is -1.12. The van der Waals surface area contributed by atoms with Gasteiger partial charge in [-0.15, -0.1) is 0 Å². The van der Waals surface area contributed by atoms with Crippen molar-refractivity contribution in [1.82, 2.24) is 0 Å². The zero-order valence-electron chi connectivity index (χ0n) is 11.0. The van der Waals surface area contributed by atoms with E-state index in [0.29, 0.717) is 5.02 Å². The molecule has 1 amide bonds. The van der Waals surface area contributed by atoms with Gasteiger partial charge >= 0.3 is 5.97 Å². The third kappa shape index (κ3) is 3.54. The van der Waals surface area contributed by atoms with Crippen LogP contribution < -0.4 is 5.32 Å². The Kier molecular flexibility index (Phi) is 4.50. The highest BCUT2D eigenvalue weighted by atomic mass is 35.5. The number of aryl methyl sites for hydroxylation is 1. The van der Waals surface area contributed by atoms with Gasteiger partial charge in [-0.25, -0.2) is 4.79 Å². The quantitative estimate of drug-likeness (QED) is 0.887. The summed E-state index contributed by atoms with van der Waals surface area (Å²) in [5.41, 5.74) is 1.18. The molecule has 0 spiro atoms. The summed E-state index contributed by atoms with van der Waals surface area (Å²) in [4.78, 5) is 23.4. The molecule has 108 valence electrons. The van der Waals surface area contributed by atoms with Crippen LogP contribution in [0.5, 0.6) is 0 Å². The van der Waals surface area contributed by atoms with Crippen LogP contribution in [0.2, 0.25) is 10.0 Å². The molecule has 2 aromatic carbocycles. The second kappa shape index (κ2) is 6.16. The Bertz CT molecular complexity index is 729. The summed E-state index contributed by atoms with van der Waals surface area (Å²) in [6.45, 7) is 1.77. The maximum absolute atomic E-state index is 12.2. The Labute approximate surface area is 131 Å². The van der Waals surface area contributed by atoms with E-state index < -0.39 is 11.9 Å². The molecule has 0 saturated carbocycles. The van der Waals surface area contributed by atoms with Gasteiger partial charge < -0.3 is 10.4 Å². The molecular weight excluding hydrogens is 313 g/mol. The lowest BCUT2D eigenvalue weighted by Gasteiger charge is -2.10. The monoisotopic (exact) mass is 323 g/mol. The SMILES string of the molecule is Cc1ccc(NC(=O)c2cc(Cl)ccc2Cl)c(C(=O)O)c1. The van der Waals surface area contributed by atoms with Gasteiger partial charge in [0.25, 0.3) is 5.91 Å². The molecule has 0 fully saturated rings. The van der Waals surface area contributed by atoms with Crippen molar-refractivity contribution in [2.24, 2.45) is 0 Å². The molecule has 2 rings (SSSR count). The Hall–Kier alpha value is -2.04. The summed E-state index contributed by atoms with van der Waals surface area (Å²) in [5, 5.41) is 12.3.